The van der Waals surface area contributed by atoms with E-state index in [0.717, 1.165) is 11.8 Å². The summed E-state index contributed by atoms with van der Waals surface area (Å²) in [5.41, 5.74) is 2.97. The molecule has 32 heavy (non-hydrogen) atoms. The lowest BCUT2D eigenvalue weighted by atomic mass is 9.77. The molecule has 0 aliphatic heterocycles. The SMILES string of the molecule is CCCCCCCC1CCC(c2ccc(-c3cc4sc(CCCCC)cc4s3)cc2)CC1. The first-order valence-electron chi connectivity index (χ1n) is 13.4. The Morgan fingerprint density at radius 2 is 1.41 bits per heavy atom. The molecular formula is C30H42S2. The van der Waals surface area contributed by atoms with Crippen molar-refractivity contribution in [3.05, 3.63) is 46.8 Å². The van der Waals surface area contributed by atoms with E-state index in [1.54, 1.807) is 10.4 Å². The average Bonchev–Trinajstić information content (AvgIpc) is 3.39. The van der Waals surface area contributed by atoms with E-state index in [2.05, 4.69) is 50.2 Å². The molecule has 1 saturated carbocycles. The Balaban J connectivity index is 1.27. The molecule has 0 spiro atoms. The molecule has 0 amide bonds. The first-order valence-corrected chi connectivity index (χ1v) is 15.0. The molecule has 2 aromatic heterocycles. The van der Waals surface area contributed by atoms with Crippen molar-refractivity contribution in [2.24, 2.45) is 5.92 Å². The minimum atomic E-state index is 0.790. The maximum Gasteiger partial charge on any atom is 0.0460 e. The van der Waals surface area contributed by atoms with E-state index in [1.807, 2.05) is 22.7 Å². The quantitative estimate of drug-likeness (QED) is 0.233. The van der Waals surface area contributed by atoms with E-state index in [4.69, 9.17) is 0 Å². The van der Waals surface area contributed by atoms with Crippen molar-refractivity contribution < 1.29 is 0 Å². The largest absolute Gasteiger partial charge is 0.139 e. The molecule has 0 saturated heterocycles. The lowest BCUT2D eigenvalue weighted by Gasteiger charge is -2.29. The highest BCUT2D eigenvalue weighted by atomic mass is 32.1. The monoisotopic (exact) mass is 466 g/mol. The fourth-order valence-electron chi connectivity index (χ4n) is 5.44. The second kappa shape index (κ2) is 12.4. The molecule has 174 valence electrons. The second-order valence-corrected chi connectivity index (χ2v) is 12.3. The van der Waals surface area contributed by atoms with Crippen molar-refractivity contribution in [2.75, 3.05) is 0 Å². The number of hydrogen-bond acceptors (Lipinski definition) is 2. The zero-order valence-electron chi connectivity index (χ0n) is 20.3. The molecule has 0 unspecified atom stereocenters. The second-order valence-electron chi connectivity index (χ2n) is 10.1. The molecule has 0 bridgehead atoms. The highest BCUT2D eigenvalue weighted by molar-refractivity contribution is 7.29. The Bertz CT molecular complexity index is 890. The van der Waals surface area contributed by atoms with Crippen molar-refractivity contribution in [3.63, 3.8) is 0 Å². The minimum absolute atomic E-state index is 0.790. The van der Waals surface area contributed by atoms with Crippen LogP contribution in [0.15, 0.2) is 36.4 Å². The maximum absolute atomic E-state index is 2.44. The van der Waals surface area contributed by atoms with Crippen LogP contribution in [-0.2, 0) is 6.42 Å². The molecule has 1 fully saturated rings. The number of unbranched alkanes of at least 4 members (excludes halogenated alkanes) is 6. The first-order chi connectivity index (χ1) is 15.8. The molecular weight excluding hydrogens is 424 g/mol. The van der Waals surface area contributed by atoms with Crippen LogP contribution < -0.4 is 0 Å². The summed E-state index contributed by atoms with van der Waals surface area (Å²) >= 11 is 3.98. The normalized spacial score (nSPS) is 19.1. The molecule has 1 aliphatic carbocycles. The van der Waals surface area contributed by atoms with E-state index in [9.17, 15) is 0 Å². The van der Waals surface area contributed by atoms with Crippen LogP contribution in [0.1, 0.15) is 114 Å². The summed E-state index contributed by atoms with van der Waals surface area (Å²) in [7, 11) is 0. The summed E-state index contributed by atoms with van der Waals surface area (Å²) in [5.74, 6) is 1.79. The molecule has 1 aliphatic rings. The van der Waals surface area contributed by atoms with Crippen molar-refractivity contribution in [1.29, 1.82) is 0 Å². The topological polar surface area (TPSA) is 0 Å². The molecule has 0 radical (unpaired) electrons. The Labute approximate surface area is 204 Å². The van der Waals surface area contributed by atoms with Gasteiger partial charge in [-0.2, -0.15) is 0 Å². The number of rotatable bonds is 12. The molecule has 1 aromatic carbocycles. The van der Waals surface area contributed by atoms with Gasteiger partial charge in [-0.05, 0) is 73.6 Å². The Hall–Kier alpha value is -1.12. The van der Waals surface area contributed by atoms with E-state index in [-0.39, 0.29) is 0 Å². The third-order valence-electron chi connectivity index (χ3n) is 7.51. The van der Waals surface area contributed by atoms with Crippen molar-refractivity contribution in [2.45, 2.75) is 110 Å². The van der Waals surface area contributed by atoms with Gasteiger partial charge < -0.3 is 0 Å². The van der Waals surface area contributed by atoms with Gasteiger partial charge in [-0.1, -0.05) is 89.5 Å². The highest BCUT2D eigenvalue weighted by Crippen LogP contribution is 2.41. The number of benzene rings is 1. The van der Waals surface area contributed by atoms with Gasteiger partial charge in [-0.25, -0.2) is 0 Å². The number of aryl methyl sites for hydroxylation is 1. The van der Waals surface area contributed by atoms with Gasteiger partial charge in [0.25, 0.3) is 0 Å². The van der Waals surface area contributed by atoms with Crippen LogP contribution in [0, 0.1) is 5.92 Å². The third kappa shape index (κ3) is 6.48. The van der Waals surface area contributed by atoms with Gasteiger partial charge >= 0.3 is 0 Å². The van der Waals surface area contributed by atoms with E-state index in [0.29, 0.717) is 0 Å². The molecule has 0 atom stereocenters. The van der Waals surface area contributed by atoms with Crippen LogP contribution in [0.3, 0.4) is 0 Å². The van der Waals surface area contributed by atoms with Crippen LogP contribution in [0.5, 0.6) is 0 Å². The Morgan fingerprint density at radius 1 is 0.719 bits per heavy atom. The van der Waals surface area contributed by atoms with Crippen molar-refractivity contribution in [1.82, 2.24) is 0 Å². The molecule has 2 heterocycles. The summed E-state index contributed by atoms with van der Waals surface area (Å²) in [6.45, 7) is 4.59. The zero-order valence-corrected chi connectivity index (χ0v) is 22.0. The van der Waals surface area contributed by atoms with E-state index in [1.165, 1.54) is 110 Å². The molecule has 2 heteroatoms. The number of thiophene rings is 2. The fraction of sp³-hybridized carbons (Fsp3) is 0.600. The maximum atomic E-state index is 2.44. The molecule has 4 rings (SSSR count). The molecule has 3 aromatic rings. The number of hydrogen-bond donors (Lipinski definition) is 0. The predicted octanol–water partition coefficient (Wildman–Crippen LogP) is 11.0. The average molecular weight is 467 g/mol. The third-order valence-corrected chi connectivity index (χ3v) is 9.92. The Kier molecular flexibility index (Phi) is 9.29. The van der Waals surface area contributed by atoms with Gasteiger partial charge in [0.05, 0.1) is 0 Å². The first kappa shape index (κ1) is 24.0. The minimum Gasteiger partial charge on any atom is -0.139 e. The lowest BCUT2D eigenvalue weighted by molar-refractivity contribution is 0.302. The summed E-state index contributed by atoms with van der Waals surface area (Å²) in [6.07, 6.45) is 19.5. The summed E-state index contributed by atoms with van der Waals surface area (Å²) in [6, 6.07) is 14.5. The molecule has 0 nitrogen and oxygen atoms in total. The highest BCUT2D eigenvalue weighted by Gasteiger charge is 2.22. The van der Waals surface area contributed by atoms with Gasteiger partial charge in [-0.3, -0.25) is 0 Å². The summed E-state index contributed by atoms with van der Waals surface area (Å²) < 4.78 is 2.96. The molecule has 0 N–H and O–H groups in total. The van der Waals surface area contributed by atoms with Gasteiger partial charge in [0.15, 0.2) is 0 Å². The lowest BCUT2D eigenvalue weighted by Crippen LogP contribution is -2.13. The zero-order chi connectivity index (χ0) is 22.2. The summed E-state index contributed by atoms with van der Waals surface area (Å²) in [4.78, 5) is 3.00. The van der Waals surface area contributed by atoms with Gasteiger partial charge in [0.2, 0.25) is 0 Å². The van der Waals surface area contributed by atoms with Crippen LogP contribution in [-0.4, -0.2) is 0 Å². The predicted molar refractivity (Wildman–Crippen MR) is 146 cm³/mol. The van der Waals surface area contributed by atoms with Crippen LogP contribution in [0.2, 0.25) is 0 Å². The van der Waals surface area contributed by atoms with Crippen molar-refractivity contribution in [3.8, 4) is 10.4 Å². The van der Waals surface area contributed by atoms with Crippen LogP contribution >= 0.6 is 22.7 Å². The van der Waals surface area contributed by atoms with E-state index < -0.39 is 0 Å². The summed E-state index contributed by atoms with van der Waals surface area (Å²) in [5, 5.41) is 0. The standard InChI is InChI=1S/C30H42S2/c1-3-5-7-8-10-11-23-13-15-24(16-14-23)25-17-19-26(20-18-25)28-22-30-29(32-28)21-27(31-30)12-9-6-4-2/h17-24H,3-16H2,1-2H3. The van der Waals surface area contributed by atoms with Gasteiger partial charge in [0, 0.05) is 19.2 Å². The van der Waals surface area contributed by atoms with Crippen molar-refractivity contribution >= 4 is 32.1 Å². The smallest absolute Gasteiger partial charge is 0.0460 e. The van der Waals surface area contributed by atoms with Crippen LogP contribution in [0.4, 0.5) is 0 Å². The van der Waals surface area contributed by atoms with E-state index >= 15 is 0 Å². The Morgan fingerprint density at radius 3 is 2.12 bits per heavy atom. The fourth-order valence-corrected chi connectivity index (χ4v) is 7.91. The van der Waals surface area contributed by atoms with Crippen LogP contribution in [0.25, 0.3) is 19.8 Å². The van der Waals surface area contributed by atoms with Gasteiger partial charge in [-0.15, -0.1) is 22.7 Å². The van der Waals surface area contributed by atoms with Gasteiger partial charge in [0.1, 0.15) is 0 Å². The number of fused-ring (bicyclic) bond motifs is 1.